The van der Waals surface area contributed by atoms with Crippen molar-refractivity contribution in [3.8, 4) is 11.3 Å². The zero-order chi connectivity index (χ0) is 15.6. The van der Waals surface area contributed by atoms with Crippen LogP contribution < -0.4 is 5.73 Å². The van der Waals surface area contributed by atoms with Gasteiger partial charge in [0.25, 0.3) is 0 Å². The van der Waals surface area contributed by atoms with E-state index in [0.29, 0.717) is 6.42 Å². The summed E-state index contributed by atoms with van der Waals surface area (Å²) >= 11 is 0. The average molecular weight is 303 g/mol. The van der Waals surface area contributed by atoms with E-state index >= 15 is 0 Å². The first-order chi connectivity index (χ1) is 11.3. The maximum absolute atomic E-state index is 6.25. The molecular formula is C18H17N5. The first-order valence-electron chi connectivity index (χ1n) is 7.57. The van der Waals surface area contributed by atoms with Crippen LogP contribution in [-0.4, -0.2) is 19.9 Å². The van der Waals surface area contributed by atoms with Gasteiger partial charge >= 0.3 is 0 Å². The Morgan fingerprint density at radius 2 is 1.91 bits per heavy atom. The Bertz CT molecular complexity index is 918. The molecule has 2 aromatic heterocycles. The van der Waals surface area contributed by atoms with Crippen molar-refractivity contribution in [3.63, 3.8) is 0 Å². The highest BCUT2D eigenvalue weighted by Gasteiger charge is 2.13. The minimum atomic E-state index is -0.195. The van der Waals surface area contributed by atoms with Gasteiger partial charge < -0.3 is 15.7 Å². The molecular weight excluding hydrogens is 286 g/mol. The maximum atomic E-state index is 6.25. The molecule has 0 aliphatic carbocycles. The highest BCUT2D eigenvalue weighted by atomic mass is 15.0. The number of hydrogen-bond donors (Lipinski definition) is 3. The van der Waals surface area contributed by atoms with Crippen molar-refractivity contribution in [3.05, 3.63) is 72.7 Å². The molecule has 1 atom stereocenters. The first-order valence-corrected chi connectivity index (χ1v) is 7.57. The molecule has 0 saturated carbocycles. The third kappa shape index (κ3) is 2.62. The van der Waals surface area contributed by atoms with Gasteiger partial charge in [0.2, 0.25) is 0 Å². The van der Waals surface area contributed by atoms with E-state index in [1.165, 1.54) is 10.8 Å². The molecule has 4 rings (SSSR count). The summed E-state index contributed by atoms with van der Waals surface area (Å²) in [7, 11) is 0. The molecule has 5 heteroatoms. The van der Waals surface area contributed by atoms with Crippen molar-refractivity contribution >= 4 is 10.8 Å². The number of hydrogen-bond acceptors (Lipinski definition) is 3. The number of nitrogens with two attached hydrogens (primary N) is 1. The summed E-state index contributed by atoms with van der Waals surface area (Å²) in [6, 6.07) is 14.4. The zero-order valence-electron chi connectivity index (χ0n) is 12.5. The molecule has 5 nitrogen and oxygen atoms in total. The topological polar surface area (TPSA) is 83.4 Å². The summed E-state index contributed by atoms with van der Waals surface area (Å²) in [5, 5.41) is 2.41. The van der Waals surface area contributed by atoms with E-state index < -0.39 is 0 Å². The molecule has 4 aromatic rings. The smallest absolute Gasteiger partial charge is 0.123 e. The van der Waals surface area contributed by atoms with Gasteiger partial charge in [-0.2, -0.15) is 0 Å². The molecule has 4 N–H and O–H groups in total. The molecule has 0 aliphatic rings. The maximum Gasteiger partial charge on any atom is 0.123 e. The Morgan fingerprint density at radius 1 is 1.04 bits per heavy atom. The monoisotopic (exact) mass is 303 g/mol. The van der Waals surface area contributed by atoms with Gasteiger partial charge in [-0.25, -0.2) is 9.97 Å². The van der Waals surface area contributed by atoms with Crippen LogP contribution in [-0.2, 0) is 6.42 Å². The second-order valence-electron chi connectivity index (χ2n) is 5.60. The summed E-state index contributed by atoms with van der Waals surface area (Å²) in [6.07, 6.45) is 5.96. The number of nitrogens with one attached hydrogen (secondary N) is 2. The van der Waals surface area contributed by atoms with Crippen molar-refractivity contribution in [2.45, 2.75) is 12.5 Å². The van der Waals surface area contributed by atoms with Gasteiger partial charge in [0.1, 0.15) is 5.82 Å². The number of aromatic amines is 2. The summed E-state index contributed by atoms with van der Waals surface area (Å²) in [6.45, 7) is 0. The van der Waals surface area contributed by atoms with Crippen LogP contribution in [0.4, 0.5) is 0 Å². The highest BCUT2D eigenvalue weighted by molar-refractivity contribution is 5.95. The number of H-pyrrole nitrogens is 2. The molecule has 2 heterocycles. The third-order valence-electron chi connectivity index (χ3n) is 4.02. The van der Waals surface area contributed by atoms with E-state index in [1.807, 2.05) is 18.3 Å². The quantitative estimate of drug-likeness (QED) is 0.541. The van der Waals surface area contributed by atoms with Crippen LogP contribution in [0.2, 0.25) is 0 Å². The van der Waals surface area contributed by atoms with Crippen LogP contribution in [0.5, 0.6) is 0 Å². The summed E-state index contributed by atoms with van der Waals surface area (Å²) in [5.74, 6) is 0.780. The molecule has 23 heavy (non-hydrogen) atoms. The van der Waals surface area contributed by atoms with Gasteiger partial charge in [-0.15, -0.1) is 0 Å². The Hall–Kier alpha value is -2.92. The fraction of sp³-hybridized carbons (Fsp3) is 0.111. The minimum Gasteiger partial charge on any atom is -0.348 e. The lowest BCUT2D eigenvalue weighted by Crippen LogP contribution is -2.15. The molecule has 0 spiro atoms. The molecule has 0 fully saturated rings. The van der Waals surface area contributed by atoms with Crippen molar-refractivity contribution < 1.29 is 0 Å². The van der Waals surface area contributed by atoms with Gasteiger partial charge in [0.05, 0.1) is 24.3 Å². The summed E-state index contributed by atoms with van der Waals surface area (Å²) < 4.78 is 0. The fourth-order valence-corrected chi connectivity index (χ4v) is 2.85. The molecule has 0 radical (unpaired) electrons. The lowest BCUT2D eigenvalue weighted by molar-refractivity contribution is 0.668. The largest absolute Gasteiger partial charge is 0.348 e. The van der Waals surface area contributed by atoms with Crippen LogP contribution in [0, 0.1) is 0 Å². The van der Waals surface area contributed by atoms with E-state index in [0.717, 1.165) is 22.8 Å². The standard InChI is InChI=1S/C18H17N5/c19-16(8-13-9-20-11-22-13)18-21-10-17(23-18)15-7-3-5-12-4-1-2-6-14(12)15/h1-7,9-11,16H,8,19H2,(H,20,22)(H,21,23)/t16-/m0/s1. The molecule has 0 saturated heterocycles. The lowest BCUT2D eigenvalue weighted by atomic mass is 10.0. The SMILES string of the molecule is N[C@@H](Cc1cnc[nH]1)c1ncc(-c2cccc3ccccc23)[nH]1. The number of aromatic nitrogens is 4. The Labute approximate surface area is 133 Å². The van der Waals surface area contributed by atoms with Crippen molar-refractivity contribution in [1.29, 1.82) is 0 Å². The Kier molecular flexibility index (Phi) is 3.40. The van der Waals surface area contributed by atoms with Crippen LogP contribution in [0.1, 0.15) is 17.6 Å². The number of benzene rings is 2. The summed E-state index contributed by atoms with van der Waals surface area (Å²) in [4.78, 5) is 14.9. The predicted octanol–water partition coefficient (Wildman–Crippen LogP) is 3.20. The van der Waals surface area contributed by atoms with Crippen LogP contribution in [0.3, 0.4) is 0 Å². The zero-order valence-corrected chi connectivity index (χ0v) is 12.5. The van der Waals surface area contributed by atoms with Crippen LogP contribution in [0.25, 0.3) is 22.0 Å². The molecule has 114 valence electrons. The molecule has 2 aromatic carbocycles. The second-order valence-corrected chi connectivity index (χ2v) is 5.60. The third-order valence-corrected chi connectivity index (χ3v) is 4.02. The lowest BCUT2D eigenvalue weighted by Gasteiger charge is -2.07. The normalized spacial score (nSPS) is 12.6. The van der Waals surface area contributed by atoms with Gasteiger partial charge in [-0.05, 0) is 10.8 Å². The van der Waals surface area contributed by atoms with Crippen molar-refractivity contribution in [2.75, 3.05) is 0 Å². The van der Waals surface area contributed by atoms with E-state index in [4.69, 9.17) is 5.73 Å². The van der Waals surface area contributed by atoms with Gasteiger partial charge in [0, 0.05) is 23.9 Å². The first kappa shape index (κ1) is 13.7. The van der Waals surface area contributed by atoms with Crippen molar-refractivity contribution in [2.24, 2.45) is 5.73 Å². The van der Waals surface area contributed by atoms with Gasteiger partial charge in [-0.1, -0.05) is 42.5 Å². The van der Waals surface area contributed by atoms with Gasteiger partial charge in [0.15, 0.2) is 0 Å². The number of imidazole rings is 2. The summed E-state index contributed by atoms with van der Waals surface area (Å²) in [5.41, 5.74) is 9.37. The minimum absolute atomic E-state index is 0.195. The average Bonchev–Trinajstić information content (AvgIpc) is 3.26. The molecule has 0 aliphatic heterocycles. The number of rotatable bonds is 4. The van der Waals surface area contributed by atoms with E-state index in [1.54, 1.807) is 12.5 Å². The number of nitrogens with zero attached hydrogens (tertiary/aromatic N) is 2. The predicted molar refractivity (Wildman–Crippen MR) is 90.7 cm³/mol. The highest BCUT2D eigenvalue weighted by Crippen LogP contribution is 2.28. The number of fused-ring (bicyclic) bond motifs is 1. The van der Waals surface area contributed by atoms with E-state index in [2.05, 4.69) is 50.3 Å². The fourth-order valence-electron chi connectivity index (χ4n) is 2.85. The molecule has 0 unspecified atom stereocenters. The van der Waals surface area contributed by atoms with Gasteiger partial charge in [-0.3, -0.25) is 0 Å². The Morgan fingerprint density at radius 3 is 2.78 bits per heavy atom. The second kappa shape index (κ2) is 5.70. The Balaban J connectivity index is 1.67. The van der Waals surface area contributed by atoms with Crippen molar-refractivity contribution in [1.82, 2.24) is 19.9 Å². The van der Waals surface area contributed by atoms with Crippen LogP contribution in [0.15, 0.2) is 61.2 Å². The van der Waals surface area contributed by atoms with Crippen LogP contribution >= 0.6 is 0 Å². The van der Waals surface area contributed by atoms with E-state index in [-0.39, 0.29) is 6.04 Å². The van der Waals surface area contributed by atoms with E-state index in [9.17, 15) is 0 Å². The molecule has 0 amide bonds. The molecule has 0 bridgehead atoms.